The minimum absolute atomic E-state index is 0.0931. The van der Waals surface area contributed by atoms with Crippen molar-refractivity contribution in [2.24, 2.45) is 0 Å². The number of hydrogen-bond acceptors (Lipinski definition) is 3. The number of benzene rings is 8. The second-order valence-corrected chi connectivity index (χ2v) is 17.8. The average Bonchev–Trinajstić information content (AvgIpc) is 3.82. The van der Waals surface area contributed by atoms with Crippen molar-refractivity contribution in [1.82, 2.24) is 0 Å². The van der Waals surface area contributed by atoms with Crippen LogP contribution in [0.4, 0.5) is 17.1 Å². The van der Waals surface area contributed by atoms with Gasteiger partial charge in [-0.05, 0) is 116 Å². The molecule has 2 aliphatic carbocycles. The Bertz CT molecular complexity index is 3010. The Kier molecular flexibility index (Phi) is 6.49. The number of hydrogen-bond donors (Lipinski definition) is 0. The van der Waals surface area contributed by atoms with Gasteiger partial charge in [0.2, 0.25) is 0 Å². The molecule has 1 aromatic heterocycles. The van der Waals surface area contributed by atoms with E-state index in [1.165, 1.54) is 97.0 Å². The first-order valence-electron chi connectivity index (χ1n) is 19.1. The van der Waals surface area contributed by atoms with Crippen LogP contribution < -0.4 is 4.90 Å². The molecule has 0 saturated carbocycles. The zero-order chi connectivity index (χ0) is 36.5. The molecule has 8 aromatic carbocycles. The summed E-state index contributed by atoms with van der Waals surface area (Å²) in [6.07, 6.45) is 0. The molecular weight excluding hydrogens is 703 g/mol. The van der Waals surface area contributed by atoms with Crippen LogP contribution in [-0.4, -0.2) is 0 Å². The van der Waals surface area contributed by atoms with Crippen LogP contribution in [-0.2, 0) is 10.8 Å². The summed E-state index contributed by atoms with van der Waals surface area (Å²) in [5.74, 6) is 0. The average molecular weight is 738 g/mol. The Hall–Kier alpha value is -5.87. The van der Waals surface area contributed by atoms with E-state index in [0.717, 1.165) is 5.69 Å². The van der Waals surface area contributed by atoms with E-state index >= 15 is 0 Å². The maximum Gasteiger partial charge on any atom is 0.0735 e. The van der Waals surface area contributed by atoms with Gasteiger partial charge >= 0.3 is 0 Å². The molecule has 3 aliphatic rings. The first-order chi connectivity index (χ1) is 27.0. The number of para-hydroxylation sites is 1. The lowest BCUT2D eigenvalue weighted by Crippen LogP contribution is -2.31. The summed E-state index contributed by atoms with van der Waals surface area (Å²) in [5, 5.41) is 2.61. The lowest BCUT2D eigenvalue weighted by Gasteiger charge is -2.39. The molecular formula is C52H35NS2. The van der Waals surface area contributed by atoms with Crippen LogP contribution in [0.1, 0.15) is 47.2 Å². The summed E-state index contributed by atoms with van der Waals surface area (Å²) in [6, 6.07) is 66.2. The van der Waals surface area contributed by atoms with Crippen LogP contribution in [0.2, 0.25) is 0 Å². The van der Waals surface area contributed by atoms with E-state index < -0.39 is 0 Å². The van der Waals surface area contributed by atoms with E-state index in [1.54, 1.807) is 0 Å². The molecule has 0 bridgehead atoms. The minimum Gasteiger partial charge on any atom is -0.310 e. The molecule has 2 heterocycles. The first kappa shape index (κ1) is 31.5. The van der Waals surface area contributed by atoms with E-state index in [0.29, 0.717) is 0 Å². The van der Waals surface area contributed by atoms with Gasteiger partial charge in [-0.1, -0.05) is 141 Å². The van der Waals surface area contributed by atoms with Crippen LogP contribution in [0, 0.1) is 0 Å². The van der Waals surface area contributed by atoms with Gasteiger partial charge in [-0.2, -0.15) is 0 Å². The largest absolute Gasteiger partial charge is 0.310 e. The van der Waals surface area contributed by atoms with Gasteiger partial charge in [0.15, 0.2) is 0 Å². The maximum atomic E-state index is 2.55. The Morgan fingerprint density at radius 3 is 1.78 bits per heavy atom. The molecule has 55 heavy (non-hydrogen) atoms. The molecule has 0 amide bonds. The van der Waals surface area contributed by atoms with E-state index in [1.807, 2.05) is 23.1 Å². The number of nitrogens with zero attached hydrogens (tertiary/aromatic N) is 1. The number of thiophene rings is 1. The van der Waals surface area contributed by atoms with Gasteiger partial charge < -0.3 is 4.90 Å². The van der Waals surface area contributed by atoms with Crippen LogP contribution >= 0.6 is 23.1 Å². The minimum atomic E-state index is -0.386. The molecule has 0 N–H and O–H groups in total. The molecule has 0 unspecified atom stereocenters. The normalized spacial score (nSPS) is 14.9. The van der Waals surface area contributed by atoms with E-state index in [9.17, 15) is 0 Å². The highest BCUT2D eigenvalue weighted by Crippen LogP contribution is 2.63. The molecule has 0 atom stereocenters. The smallest absolute Gasteiger partial charge is 0.0735 e. The van der Waals surface area contributed by atoms with Crippen molar-refractivity contribution < 1.29 is 0 Å². The summed E-state index contributed by atoms with van der Waals surface area (Å²) in [7, 11) is 0. The van der Waals surface area contributed by atoms with Crippen LogP contribution in [0.3, 0.4) is 0 Å². The standard InChI is InChI=1S/C52H35NS2/c1-51(2)39-19-8-6-17-34(39)36-28-27-33(29-43(36)51)53(32-15-4-3-5-16-32)45-23-14-26-48-50(45)38-30-37-35-18-7-9-20-40(35)52(44(37)31-49(38)55-48)41-21-10-12-24-46(41)54-47-25-13-11-22-42(47)52/h3-31H,1-2H3. The highest BCUT2D eigenvalue weighted by molar-refractivity contribution is 7.99. The lowest BCUT2D eigenvalue weighted by molar-refractivity contribution is 0.660. The number of rotatable bonds is 3. The molecule has 0 fully saturated rings. The Labute approximate surface area is 329 Å². The van der Waals surface area contributed by atoms with Crippen LogP contribution in [0.25, 0.3) is 42.4 Å². The molecule has 0 saturated heterocycles. The lowest BCUT2D eigenvalue weighted by atomic mass is 9.67. The second kappa shape index (κ2) is 11.3. The molecule has 1 nitrogen and oxygen atoms in total. The molecule has 12 rings (SSSR count). The predicted molar refractivity (Wildman–Crippen MR) is 233 cm³/mol. The number of anilines is 3. The van der Waals surface area contributed by atoms with E-state index in [-0.39, 0.29) is 10.8 Å². The summed E-state index contributed by atoms with van der Waals surface area (Å²) in [6.45, 7) is 4.74. The van der Waals surface area contributed by atoms with Crippen molar-refractivity contribution in [3.05, 3.63) is 209 Å². The maximum absolute atomic E-state index is 2.55. The third-order valence-electron chi connectivity index (χ3n) is 12.5. The highest BCUT2D eigenvalue weighted by Gasteiger charge is 2.50. The van der Waals surface area contributed by atoms with Gasteiger partial charge in [-0.25, -0.2) is 0 Å². The molecule has 1 aliphatic heterocycles. The van der Waals surface area contributed by atoms with Gasteiger partial charge in [-0.15, -0.1) is 11.3 Å². The predicted octanol–water partition coefficient (Wildman–Crippen LogP) is 14.7. The highest BCUT2D eigenvalue weighted by atomic mass is 32.2. The third-order valence-corrected chi connectivity index (χ3v) is 14.8. The van der Waals surface area contributed by atoms with Crippen LogP contribution in [0.5, 0.6) is 0 Å². The summed E-state index contributed by atoms with van der Waals surface area (Å²) >= 11 is 3.82. The fourth-order valence-corrected chi connectivity index (χ4v) is 12.5. The first-order valence-corrected chi connectivity index (χ1v) is 20.7. The van der Waals surface area contributed by atoms with Crippen molar-refractivity contribution in [3.8, 4) is 22.3 Å². The molecule has 0 radical (unpaired) electrons. The Balaban J connectivity index is 1.13. The van der Waals surface area contributed by atoms with Gasteiger partial charge in [0, 0.05) is 46.8 Å². The molecule has 3 heteroatoms. The van der Waals surface area contributed by atoms with Gasteiger partial charge in [-0.3, -0.25) is 0 Å². The second-order valence-electron chi connectivity index (χ2n) is 15.6. The van der Waals surface area contributed by atoms with E-state index in [4.69, 9.17) is 0 Å². The van der Waals surface area contributed by atoms with E-state index in [2.05, 4.69) is 195 Å². The quantitative estimate of drug-likeness (QED) is 0.178. The van der Waals surface area contributed by atoms with Crippen molar-refractivity contribution in [3.63, 3.8) is 0 Å². The number of fused-ring (bicyclic) bond motifs is 15. The molecule has 1 spiro atoms. The SMILES string of the molecule is CC1(C)c2ccccc2-c2ccc(N(c3ccccc3)c3cccc4sc5cc6c(cc5c34)-c3ccccc3C63c4ccccc4Sc4ccccc43)cc21. The summed E-state index contributed by atoms with van der Waals surface area (Å²) in [4.78, 5) is 5.16. The fourth-order valence-electron chi connectivity index (χ4n) is 10.2. The fraction of sp³-hybridized carbons (Fsp3) is 0.0769. The summed E-state index contributed by atoms with van der Waals surface area (Å²) in [5.41, 5.74) is 16.7. The Morgan fingerprint density at radius 1 is 0.418 bits per heavy atom. The topological polar surface area (TPSA) is 3.24 Å². The molecule has 260 valence electrons. The third kappa shape index (κ3) is 4.15. The van der Waals surface area contributed by atoms with Gasteiger partial charge in [0.05, 0.1) is 11.1 Å². The van der Waals surface area contributed by atoms with Crippen molar-refractivity contribution in [2.45, 2.75) is 34.5 Å². The van der Waals surface area contributed by atoms with Gasteiger partial charge in [0.1, 0.15) is 0 Å². The monoisotopic (exact) mass is 737 g/mol. The van der Waals surface area contributed by atoms with Crippen molar-refractivity contribution in [1.29, 1.82) is 0 Å². The van der Waals surface area contributed by atoms with Gasteiger partial charge in [0.25, 0.3) is 0 Å². The van der Waals surface area contributed by atoms with Crippen molar-refractivity contribution >= 4 is 60.3 Å². The Morgan fingerprint density at radius 2 is 1.04 bits per heavy atom. The zero-order valence-electron chi connectivity index (χ0n) is 30.5. The summed E-state index contributed by atoms with van der Waals surface area (Å²) < 4.78 is 2.62. The molecule has 9 aromatic rings. The van der Waals surface area contributed by atoms with Crippen LogP contribution in [0.15, 0.2) is 186 Å². The van der Waals surface area contributed by atoms with Crippen molar-refractivity contribution in [2.75, 3.05) is 4.90 Å². The zero-order valence-corrected chi connectivity index (χ0v) is 32.1.